The van der Waals surface area contributed by atoms with Gasteiger partial charge < -0.3 is 10.4 Å². The molecule has 17 heavy (non-hydrogen) atoms. The van der Waals surface area contributed by atoms with Crippen molar-refractivity contribution >= 4 is 5.91 Å². The number of rotatable bonds is 6. The molecule has 0 saturated heterocycles. The van der Waals surface area contributed by atoms with Crippen LogP contribution in [-0.4, -0.2) is 17.6 Å². The van der Waals surface area contributed by atoms with Gasteiger partial charge in [-0.25, -0.2) is 0 Å². The van der Waals surface area contributed by atoms with E-state index in [0.29, 0.717) is 31.4 Å². The predicted molar refractivity (Wildman–Crippen MR) is 67.1 cm³/mol. The highest BCUT2D eigenvalue weighted by Crippen LogP contribution is 2.19. The van der Waals surface area contributed by atoms with Gasteiger partial charge in [0.2, 0.25) is 5.91 Å². The van der Waals surface area contributed by atoms with E-state index in [9.17, 15) is 9.90 Å². The fraction of sp³-hybridized carbons (Fsp3) is 0.462. The molecule has 1 aromatic carbocycles. The average Bonchev–Trinajstić information content (AvgIpc) is 2.35. The van der Waals surface area contributed by atoms with Crippen LogP contribution in [0.5, 0.6) is 0 Å². The Morgan fingerprint density at radius 1 is 1.41 bits per heavy atom. The normalized spacial score (nSPS) is 14.1. The molecule has 0 radical (unpaired) electrons. The first-order chi connectivity index (χ1) is 8.06. The third kappa shape index (κ3) is 4.54. The van der Waals surface area contributed by atoms with E-state index in [1.807, 2.05) is 18.2 Å². The van der Waals surface area contributed by atoms with Crippen molar-refractivity contribution in [2.24, 2.45) is 5.73 Å². The third-order valence-corrected chi connectivity index (χ3v) is 2.65. The number of hydrogen-bond acceptors (Lipinski definition) is 3. The van der Waals surface area contributed by atoms with Crippen molar-refractivity contribution < 1.29 is 9.90 Å². The molecule has 0 spiro atoms. The van der Waals surface area contributed by atoms with Crippen LogP contribution in [0.3, 0.4) is 0 Å². The number of nitrogens with one attached hydrogen (secondary N) is 1. The smallest absolute Gasteiger partial charge is 0.219 e. The maximum absolute atomic E-state index is 11.0. The summed E-state index contributed by atoms with van der Waals surface area (Å²) in [6.45, 7) is 2.34. The van der Waals surface area contributed by atoms with Crippen molar-refractivity contribution in [3.8, 4) is 0 Å². The SMILES string of the molecule is CCC(=O)NCCCC(N)(O)c1ccccc1. The molecule has 94 valence electrons. The van der Waals surface area contributed by atoms with Gasteiger partial charge in [0.15, 0.2) is 0 Å². The number of hydrogen-bond donors (Lipinski definition) is 3. The maximum atomic E-state index is 11.0. The zero-order valence-electron chi connectivity index (χ0n) is 10.1. The van der Waals surface area contributed by atoms with E-state index in [0.717, 1.165) is 0 Å². The molecule has 1 amide bonds. The van der Waals surface area contributed by atoms with Gasteiger partial charge in [-0.15, -0.1) is 0 Å². The maximum Gasteiger partial charge on any atom is 0.219 e. The lowest BCUT2D eigenvalue weighted by atomic mass is 9.99. The Labute approximate surface area is 102 Å². The average molecular weight is 236 g/mol. The summed E-state index contributed by atoms with van der Waals surface area (Å²) in [6.07, 6.45) is 1.54. The van der Waals surface area contributed by atoms with E-state index in [2.05, 4.69) is 5.32 Å². The largest absolute Gasteiger partial charge is 0.372 e. The van der Waals surface area contributed by atoms with Crippen LogP contribution in [0.25, 0.3) is 0 Å². The van der Waals surface area contributed by atoms with Gasteiger partial charge in [0.05, 0.1) is 0 Å². The fourth-order valence-corrected chi connectivity index (χ4v) is 1.58. The van der Waals surface area contributed by atoms with Gasteiger partial charge >= 0.3 is 0 Å². The second-order valence-electron chi connectivity index (χ2n) is 4.10. The molecule has 0 aliphatic heterocycles. The Morgan fingerprint density at radius 3 is 2.65 bits per heavy atom. The van der Waals surface area contributed by atoms with E-state index < -0.39 is 5.72 Å². The molecule has 4 N–H and O–H groups in total. The summed E-state index contributed by atoms with van der Waals surface area (Å²) in [6, 6.07) is 9.15. The minimum Gasteiger partial charge on any atom is -0.372 e. The summed E-state index contributed by atoms with van der Waals surface area (Å²) in [5.74, 6) is 0.0188. The molecule has 1 rings (SSSR count). The third-order valence-electron chi connectivity index (χ3n) is 2.65. The van der Waals surface area contributed by atoms with Gasteiger partial charge in [0.1, 0.15) is 5.72 Å². The molecule has 0 bridgehead atoms. The number of amides is 1. The van der Waals surface area contributed by atoms with Crippen molar-refractivity contribution in [2.45, 2.75) is 31.9 Å². The van der Waals surface area contributed by atoms with Gasteiger partial charge in [-0.3, -0.25) is 10.5 Å². The minimum atomic E-state index is -1.32. The molecule has 0 aliphatic carbocycles. The van der Waals surface area contributed by atoms with E-state index >= 15 is 0 Å². The Morgan fingerprint density at radius 2 is 2.06 bits per heavy atom. The molecule has 0 aliphatic rings. The highest BCUT2D eigenvalue weighted by molar-refractivity contribution is 5.75. The molecule has 0 saturated carbocycles. The van der Waals surface area contributed by atoms with Crippen LogP contribution in [0.1, 0.15) is 31.7 Å². The van der Waals surface area contributed by atoms with Gasteiger partial charge in [0.25, 0.3) is 0 Å². The summed E-state index contributed by atoms with van der Waals surface area (Å²) < 4.78 is 0. The number of benzene rings is 1. The van der Waals surface area contributed by atoms with Gasteiger partial charge in [0, 0.05) is 13.0 Å². The molecule has 1 aromatic rings. The Balaban J connectivity index is 2.38. The summed E-state index contributed by atoms with van der Waals surface area (Å²) >= 11 is 0. The number of nitrogens with two attached hydrogens (primary N) is 1. The van der Waals surface area contributed by atoms with Crippen LogP contribution in [0.2, 0.25) is 0 Å². The molecule has 0 heterocycles. The van der Waals surface area contributed by atoms with Crippen LogP contribution in [0.4, 0.5) is 0 Å². The second-order valence-corrected chi connectivity index (χ2v) is 4.10. The number of carbonyl (C=O) groups excluding carboxylic acids is 1. The topological polar surface area (TPSA) is 75.4 Å². The summed E-state index contributed by atoms with van der Waals surface area (Å²) in [4.78, 5) is 11.0. The molecule has 0 aromatic heterocycles. The van der Waals surface area contributed by atoms with Crippen molar-refractivity contribution in [2.75, 3.05) is 6.54 Å². The van der Waals surface area contributed by atoms with Crippen molar-refractivity contribution in [3.63, 3.8) is 0 Å². The lowest BCUT2D eigenvalue weighted by Crippen LogP contribution is -2.37. The van der Waals surface area contributed by atoms with Crippen LogP contribution >= 0.6 is 0 Å². The van der Waals surface area contributed by atoms with Gasteiger partial charge in [-0.1, -0.05) is 37.3 Å². The Bertz CT molecular complexity index is 350. The van der Waals surface area contributed by atoms with Gasteiger partial charge in [-0.2, -0.15) is 0 Å². The number of aliphatic hydroxyl groups is 1. The summed E-state index contributed by atoms with van der Waals surface area (Å²) in [7, 11) is 0. The molecule has 0 fully saturated rings. The van der Waals surface area contributed by atoms with Crippen LogP contribution in [-0.2, 0) is 10.5 Å². The van der Waals surface area contributed by atoms with Crippen molar-refractivity contribution in [1.82, 2.24) is 5.32 Å². The Hall–Kier alpha value is -1.39. The first-order valence-electron chi connectivity index (χ1n) is 5.89. The van der Waals surface area contributed by atoms with Crippen molar-refractivity contribution in [1.29, 1.82) is 0 Å². The van der Waals surface area contributed by atoms with Gasteiger partial charge in [-0.05, 0) is 18.4 Å². The second kappa shape index (κ2) is 6.37. The molecular weight excluding hydrogens is 216 g/mol. The first kappa shape index (κ1) is 13.7. The fourth-order valence-electron chi connectivity index (χ4n) is 1.58. The Kier molecular flexibility index (Phi) is 5.12. The molecule has 1 unspecified atom stereocenters. The van der Waals surface area contributed by atoms with Crippen molar-refractivity contribution in [3.05, 3.63) is 35.9 Å². The first-order valence-corrected chi connectivity index (χ1v) is 5.89. The number of carbonyl (C=O) groups is 1. The highest BCUT2D eigenvalue weighted by Gasteiger charge is 2.22. The van der Waals surface area contributed by atoms with E-state index in [1.54, 1.807) is 19.1 Å². The van der Waals surface area contributed by atoms with E-state index in [-0.39, 0.29) is 5.91 Å². The van der Waals surface area contributed by atoms with Crippen LogP contribution < -0.4 is 11.1 Å². The zero-order valence-corrected chi connectivity index (χ0v) is 10.1. The van der Waals surface area contributed by atoms with Crippen LogP contribution in [0.15, 0.2) is 30.3 Å². The quantitative estimate of drug-likeness (QED) is 0.511. The predicted octanol–water partition coefficient (Wildman–Crippen LogP) is 1.10. The molecular formula is C13H20N2O2. The zero-order chi connectivity index (χ0) is 12.7. The summed E-state index contributed by atoms with van der Waals surface area (Å²) in [5, 5.41) is 12.8. The molecule has 4 nitrogen and oxygen atoms in total. The lowest BCUT2D eigenvalue weighted by molar-refractivity contribution is -0.120. The minimum absolute atomic E-state index is 0.0188. The molecule has 4 heteroatoms. The van der Waals surface area contributed by atoms with E-state index in [4.69, 9.17) is 5.73 Å². The monoisotopic (exact) mass is 236 g/mol. The highest BCUT2D eigenvalue weighted by atomic mass is 16.3. The lowest BCUT2D eigenvalue weighted by Gasteiger charge is -2.23. The standard InChI is InChI=1S/C13H20N2O2/c1-2-12(16)15-10-6-9-13(14,17)11-7-4-3-5-8-11/h3-5,7-8,17H,2,6,9-10,14H2,1H3,(H,15,16). The van der Waals surface area contributed by atoms with Crippen LogP contribution in [0, 0.1) is 0 Å². The molecule has 1 atom stereocenters. The van der Waals surface area contributed by atoms with E-state index in [1.165, 1.54) is 0 Å². The summed E-state index contributed by atoms with van der Waals surface area (Å²) in [5.41, 5.74) is 5.21.